The summed E-state index contributed by atoms with van der Waals surface area (Å²) >= 11 is 6.67. The van der Waals surface area contributed by atoms with Gasteiger partial charge >= 0.3 is 0 Å². The van der Waals surface area contributed by atoms with Gasteiger partial charge in [-0.2, -0.15) is 0 Å². The number of nitrogen functional groups attached to an aromatic ring is 1. The van der Waals surface area contributed by atoms with Gasteiger partial charge in [-0.1, -0.05) is 35.6 Å². The first kappa shape index (κ1) is 17.4. The molecule has 0 fully saturated rings. The molecular weight excluding hydrogens is 350 g/mol. The molecule has 0 aliphatic carbocycles. The molecule has 1 heterocycles. The molecule has 1 amide bonds. The molecule has 0 aliphatic heterocycles. The lowest BCUT2D eigenvalue weighted by molar-refractivity contribution is 0.103. The molecule has 2 aromatic carbocycles. The number of nitrogens with two attached hydrogens (primary N) is 1. The van der Waals surface area contributed by atoms with Crippen LogP contribution in [0.3, 0.4) is 0 Å². The highest BCUT2D eigenvalue weighted by Gasteiger charge is 2.19. The number of carbonyl (C=O) groups is 1. The lowest BCUT2D eigenvalue weighted by Crippen LogP contribution is -2.14. The SMILES string of the molecule is Cc1ccc(-n2c(N)c(C(=O)Nc3ccccc3C)sc2=S)cc1C. The smallest absolute Gasteiger partial charge is 0.269 e. The van der Waals surface area contributed by atoms with Crippen molar-refractivity contribution in [2.45, 2.75) is 20.8 Å². The first-order valence-electron chi connectivity index (χ1n) is 7.84. The number of aryl methyl sites for hydroxylation is 3. The highest BCUT2D eigenvalue weighted by atomic mass is 32.1. The van der Waals surface area contributed by atoms with E-state index in [1.165, 1.54) is 16.9 Å². The zero-order valence-corrected chi connectivity index (χ0v) is 15.9. The van der Waals surface area contributed by atoms with Crippen LogP contribution in [0.2, 0.25) is 0 Å². The molecule has 4 nitrogen and oxygen atoms in total. The van der Waals surface area contributed by atoms with Gasteiger partial charge in [-0.05, 0) is 67.9 Å². The van der Waals surface area contributed by atoms with E-state index in [2.05, 4.69) is 12.2 Å². The lowest BCUT2D eigenvalue weighted by Gasteiger charge is -2.10. The van der Waals surface area contributed by atoms with E-state index in [9.17, 15) is 4.79 Å². The van der Waals surface area contributed by atoms with E-state index in [0.29, 0.717) is 14.6 Å². The van der Waals surface area contributed by atoms with Crippen molar-refractivity contribution in [1.82, 2.24) is 4.57 Å². The van der Waals surface area contributed by atoms with Crippen LogP contribution in [0.1, 0.15) is 26.4 Å². The minimum atomic E-state index is -0.245. The number of thiazole rings is 1. The van der Waals surface area contributed by atoms with E-state index in [-0.39, 0.29) is 5.91 Å². The first-order chi connectivity index (χ1) is 11.9. The summed E-state index contributed by atoms with van der Waals surface area (Å²) in [6.45, 7) is 6.04. The monoisotopic (exact) mass is 369 g/mol. The second kappa shape index (κ2) is 6.82. The molecule has 0 spiro atoms. The maximum atomic E-state index is 12.7. The second-order valence-corrected chi connectivity index (χ2v) is 7.60. The van der Waals surface area contributed by atoms with Crippen LogP contribution in [0.15, 0.2) is 42.5 Å². The Kier molecular flexibility index (Phi) is 4.74. The van der Waals surface area contributed by atoms with Gasteiger partial charge in [0.15, 0.2) is 3.95 Å². The number of nitrogens with one attached hydrogen (secondary N) is 1. The summed E-state index contributed by atoms with van der Waals surface area (Å²) in [5.41, 5.74) is 11.2. The Morgan fingerprint density at radius 1 is 1.08 bits per heavy atom. The average Bonchev–Trinajstić information content (AvgIpc) is 2.87. The van der Waals surface area contributed by atoms with E-state index in [1.54, 1.807) is 4.57 Å². The lowest BCUT2D eigenvalue weighted by atomic mass is 10.1. The van der Waals surface area contributed by atoms with Crippen LogP contribution in [-0.4, -0.2) is 10.5 Å². The van der Waals surface area contributed by atoms with Crippen LogP contribution in [0.4, 0.5) is 11.5 Å². The predicted octanol–water partition coefficient (Wildman–Crippen LogP) is 5.03. The number of aromatic nitrogens is 1. The number of nitrogens with zero attached hydrogens (tertiary/aromatic N) is 1. The molecule has 0 unspecified atom stereocenters. The fourth-order valence-corrected chi connectivity index (χ4v) is 3.81. The van der Waals surface area contributed by atoms with Crippen molar-refractivity contribution in [3.63, 3.8) is 0 Å². The van der Waals surface area contributed by atoms with E-state index in [4.69, 9.17) is 18.0 Å². The van der Waals surface area contributed by atoms with Crippen LogP contribution >= 0.6 is 23.6 Å². The van der Waals surface area contributed by atoms with Crippen molar-refractivity contribution in [1.29, 1.82) is 0 Å². The molecule has 0 atom stereocenters. The maximum absolute atomic E-state index is 12.7. The Bertz CT molecular complexity index is 1020. The number of benzene rings is 2. The number of rotatable bonds is 3. The Hall–Kier alpha value is -2.44. The Balaban J connectivity index is 1.99. The molecular formula is C19H19N3OS2. The number of hydrogen-bond donors (Lipinski definition) is 2. The molecule has 0 aliphatic rings. The Morgan fingerprint density at radius 2 is 1.80 bits per heavy atom. The first-order valence-corrected chi connectivity index (χ1v) is 9.07. The third-order valence-corrected chi connectivity index (χ3v) is 5.58. The van der Waals surface area contributed by atoms with Crippen molar-refractivity contribution in [3.05, 3.63) is 68.0 Å². The fraction of sp³-hybridized carbons (Fsp3) is 0.158. The highest BCUT2D eigenvalue weighted by Crippen LogP contribution is 2.28. The molecule has 0 bridgehead atoms. The van der Waals surface area contributed by atoms with Gasteiger partial charge in [0.25, 0.3) is 5.91 Å². The maximum Gasteiger partial charge on any atom is 0.269 e. The zero-order chi connectivity index (χ0) is 18.1. The van der Waals surface area contributed by atoms with Crippen molar-refractivity contribution in [2.24, 2.45) is 0 Å². The third kappa shape index (κ3) is 3.36. The van der Waals surface area contributed by atoms with Crippen LogP contribution in [0.5, 0.6) is 0 Å². The molecule has 6 heteroatoms. The molecule has 1 aromatic heterocycles. The van der Waals surface area contributed by atoms with E-state index in [1.807, 2.05) is 56.3 Å². The largest absolute Gasteiger partial charge is 0.383 e. The predicted molar refractivity (Wildman–Crippen MR) is 107 cm³/mol. The summed E-state index contributed by atoms with van der Waals surface area (Å²) in [5.74, 6) is 0.120. The van der Waals surface area contributed by atoms with E-state index in [0.717, 1.165) is 22.5 Å². The number of hydrogen-bond acceptors (Lipinski definition) is 4. The molecule has 3 aromatic rings. The topological polar surface area (TPSA) is 60.0 Å². The molecule has 0 saturated heterocycles. The van der Waals surface area contributed by atoms with Gasteiger partial charge in [0.05, 0.1) is 0 Å². The molecule has 3 rings (SSSR count). The van der Waals surface area contributed by atoms with Crippen LogP contribution in [-0.2, 0) is 0 Å². The summed E-state index contributed by atoms with van der Waals surface area (Å²) in [4.78, 5) is 13.1. The molecule has 0 saturated carbocycles. The van der Waals surface area contributed by atoms with Gasteiger partial charge in [-0.25, -0.2) is 0 Å². The van der Waals surface area contributed by atoms with Gasteiger partial charge in [-0.3, -0.25) is 9.36 Å². The van der Waals surface area contributed by atoms with Gasteiger partial charge in [0, 0.05) is 11.4 Å². The molecule has 25 heavy (non-hydrogen) atoms. The highest BCUT2D eigenvalue weighted by molar-refractivity contribution is 7.73. The summed E-state index contributed by atoms with van der Waals surface area (Å²) in [5, 5.41) is 2.91. The number of amides is 1. The van der Waals surface area contributed by atoms with Crippen molar-refractivity contribution in [3.8, 4) is 5.69 Å². The fourth-order valence-electron chi connectivity index (χ4n) is 2.55. The molecule has 128 valence electrons. The Morgan fingerprint density at radius 3 is 2.48 bits per heavy atom. The quantitative estimate of drug-likeness (QED) is 0.637. The number of para-hydroxylation sites is 1. The van der Waals surface area contributed by atoms with Crippen molar-refractivity contribution >= 4 is 41.0 Å². The minimum Gasteiger partial charge on any atom is -0.383 e. The third-order valence-electron chi connectivity index (χ3n) is 4.19. The van der Waals surface area contributed by atoms with E-state index < -0.39 is 0 Å². The van der Waals surface area contributed by atoms with Crippen LogP contribution in [0, 0.1) is 24.7 Å². The summed E-state index contributed by atoms with van der Waals surface area (Å²) < 4.78 is 2.30. The summed E-state index contributed by atoms with van der Waals surface area (Å²) in [6.07, 6.45) is 0. The van der Waals surface area contributed by atoms with Gasteiger partial charge in [0.2, 0.25) is 0 Å². The minimum absolute atomic E-state index is 0.245. The zero-order valence-electron chi connectivity index (χ0n) is 14.3. The van der Waals surface area contributed by atoms with E-state index >= 15 is 0 Å². The van der Waals surface area contributed by atoms with Crippen LogP contribution in [0.25, 0.3) is 5.69 Å². The van der Waals surface area contributed by atoms with Crippen molar-refractivity contribution < 1.29 is 4.79 Å². The van der Waals surface area contributed by atoms with Gasteiger partial charge in [0.1, 0.15) is 10.7 Å². The van der Waals surface area contributed by atoms with Crippen LogP contribution < -0.4 is 11.1 Å². The number of carbonyl (C=O) groups excluding carboxylic acids is 1. The van der Waals surface area contributed by atoms with Gasteiger partial charge < -0.3 is 11.1 Å². The van der Waals surface area contributed by atoms with Crippen molar-refractivity contribution in [2.75, 3.05) is 11.1 Å². The Labute approximate surface area is 155 Å². The summed E-state index contributed by atoms with van der Waals surface area (Å²) in [7, 11) is 0. The molecule has 3 N–H and O–H groups in total. The standard InChI is InChI=1S/C19H19N3OS2/c1-11-8-9-14(10-13(11)3)22-17(20)16(25-19(22)24)18(23)21-15-7-5-4-6-12(15)2/h4-10H,20H2,1-3H3,(H,21,23). The molecule has 0 radical (unpaired) electrons. The number of anilines is 2. The summed E-state index contributed by atoms with van der Waals surface area (Å²) in [6, 6.07) is 13.6. The second-order valence-electron chi connectivity index (χ2n) is 5.96. The average molecular weight is 370 g/mol. The normalized spacial score (nSPS) is 10.7. The van der Waals surface area contributed by atoms with Gasteiger partial charge in [-0.15, -0.1) is 0 Å².